The highest BCUT2D eigenvalue weighted by atomic mass is 16.3. The molecule has 2 amide bonds. The quantitative estimate of drug-likeness (QED) is 0.405. The monoisotopic (exact) mass is 487 g/mol. The summed E-state index contributed by atoms with van der Waals surface area (Å²) in [4.78, 5) is 33.9. The fourth-order valence-corrected chi connectivity index (χ4v) is 3.69. The third kappa shape index (κ3) is 6.21. The van der Waals surface area contributed by atoms with Crippen LogP contribution in [0.4, 0.5) is 0 Å². The topological polar surface area (TPSA) is 119 Å². The summed E-state index contributed by atoms with van der Waals surface area (Å²) in [6.07, 6.45) is 4.71. The second-order valence-electron chi connectivity index (χ2n) is 9.53. The fourth-order valence-electron chi connectivity index (χ4n) is 3.69. The standard InChI is InChI=1S/C26H29N7O3/c1-18-7-9-20(10-8-18)24-29-31-33(30-24)17-22(34)32(16-21-6-5-15-36-21)23(19-11-13-27-14-12-19)25(35)28-26(2,3)4/h5-15,23H,16-17H2,1-4H3,(H,28,35). The molecule has 0 fully saturated rings. The van der Waals surface area contributed by atoms with E-state index in [0.29, 0.717) is 17.1 Å². The zero-order valence-electron chi connectivity index (χ0n) is 20.8. The van der Waals surface area contributed by atoms with Gasteiger partial charge in [0.15, 0.2) is 0 Å². The third-order valence-corrected chi connectivity index (χ3v) is 5.35. The summed E-state index contributed by atoms with van der Waals surface area (Å²) in [6.45, 7) is 7.53. The zero-order valence-corrected chi connectivity index (χ0v) is 20.8. The van der Waals surface area contributed by atoms with Crippen LogP contribution in [0.2, 0.25) is 0 Å². The summed E-state index contributed by atoms with van der Waals surface area (Å²) in [5.41, 5.74) is 2.04. The first-order valence-electron chi connectivity index (χ1n) is 11.6. The Morgan fingerprint density at radius 1 is 1.08 bits per heavy atom. The minimum atomic E-state index is -0.926. The lowest BCUT2D eigenvalue weighted by Crippen LogP contribution is -2.49. The van der Waals surface area contributed by atoms with Crippen molar-refractivity contribution in [2.24, 2.45) is 0 Å². The van der Waals surface area contributed by atoms with Gasteiger partial charge in [-0.05, 0) is 62.7 Å². The number of rotatable bonds is 8. The SMILES string of the molecule is Cc1ccc(-c2nnn(CC(=O)N(Cc3ccco3)C(C(=O)NC(C)(C)C)c3ccncc3)n2)cc1. The van der Waals surface area contributed by atoms with Gasteiger partial charge in [0.1, 0.15) is 18.3 Å². The number of hydrogen-bond donors (Lipinski definition) is 1. The minimum absolute atomic E-state index is 0.0793. The van der Waals surface area contributed by atoms with Crippen LogP contribution >= 0.6 is 0 Å². The van der Waals surface area contributed by atoms with Crippen LogP contribution in [0.15, 0.2) is 71.6 Å². The normalized spacial score (nSPS) is 12.2. The summed E-state index contributed by atoms with van der Waals surface area (Å²) in [5.74, 6) is 0.264. The van der Waals surface area contributed by atoms with Gasteiger partial charge in [0, 0.05) is 23.5 Å². The lowest BCUT2D eigenvalue weighted by atomic mass is 10.0. The molecule has 0 spiro atoms. The van der Waals surface area contributed by atoms with Gasteiger partial charge in [-0.15, -0.1) is 10.2 Å². The Morgan fingerprint density at radius 3 is 2.44 bits per heavy atom. The Kier molecular flexibility index (Phi) is 7.23. The molecule has 0 saturated carbocycles. The van der Waals surface area contributed by atoms with Crippen molar-refractivity contribution in [2.45, 2.75) is 52.4 Å². The van der Waals surface area contributed by atoms with Crippen LogP contribution < -0.4 is 5.32 Å². The van der Waals surface area contributed by atoms with Gasteiger partial charge in [0.25, 0.3) is 0 Å². The van der Waals surface area contributed by atoms with Gasteiger partial charge in [-0.25, -0.2) is 0 Å². The Bertz CT molecular complexity index is 1290. The average Bonchev–Trinajstić information content (AvgIpc) is 3.51. The van der Waals surface area contributed by atoms with Gasteiger partial charge in [0.05, 0.1) is 12.8 Å². The maximum Gasteiger partial charge on any atom is 0.247 e. The Hall–Kier alpha value is -4.34. The highest BCUT2D eigenvalue weighted by molar-refractivity contribution is 5.89. The fraction of sp³-hybridized carbons (Fsp3) is 0.308. The average molecular weight is 488 g/mol. The van der Waals surface area contributed by atoms with E-state index in [1.165, 1.54) is 16.0 Å². The molecular formula is C26H29N7O3. The molecular weight excluding hydrogens is 458 g/mol. The molecule has 1 atom stereocenters. The Morgan fingerprint density at radius 2 is 1.81 bits per heavy atom. The number of benzene rings is 1. The number of tetrazole rings is 1. The number of pyridine rings is 1. The number of carbonyl (C=O) groups is 2. The molecule has 4 rings (SSSR count). The summed E-state index contributed by atoms with van der Waals surface area (Å²) in [6, 6.07) is 13.7. The van der Waals surface area contributed by atoms with E-state index < -0.39 is 11.6 Å². The van der Waals surface area contributed by atoms with Gasteiger partial charge in [-0.1, -0.05) is 29.8 Å². The third-order valence-electron chi connectivity index (χ3n) is 5.35. The molecule has 1 unspecified atom stereocenters. The summed E-state index contributed by atoms with van der Waals surface area (Å²) < 4.78 is 5.51. The van der Waals surface area contributed by atoms with Crippen molar-refractivity contribution in [1.29, 1.82) is 0 Å². The minimum Gasteiger partial charge on any atom is -0.467 e. The first-order chi connectivity index (χ1) is 17.2. The van der Waals surface area contributed by atoms with E-state index in [4.69, 9.17) is 4.42 Å². The van der Waals surface area contributed by atoms with Gasteiger partial charge in [-0.3, -0.25) is 14.6 Å². The first-order valence-corrected chi connectivity index (χ1v) is 11.6. The molecule has 1 N–H and O–H groups in total. The highest BCUT2D eigenvalue weighted by Gasteiger charge is 2.34. The number of aromatic nitrogens is 5. The van der Waals surface area contributed by atoms with Crippen LogP contribution in [0.25, 0.3) is 11.4 Å². The van der Waals surface area contributed by atoms with E-state index in [1.807, 2.05) is 52.0 Å². The molecule has 36 heavy (non-hydrogen) atoms. The molecule has 0 aliphatic heterocycles. The molecule has 10 heteroatoms. The van der Waals surface area contributed by atoms with Crippen molar-refractivity contribution in [3.8, 4) is 11.4 Å². The van der Waals surface area contributed by atoms with Gasteiger partial charge < -0.3 is 14.6 Å². The predicted octanol–water partition coefficient (Wildman–Crippen LogP) is 3.32. The van der Waals surface area contributed by atoms with E-state index in [-0.39, 0.29) is 24.9 Å². The Balaban J connectivity index is 1.65. The van der Waals surface area contributed by atoms with Crippen molar-refractivity contribution in [3.05, 3.63) is 84.1 Å². The lowest BCUT2D eigenvalue weighted by Gasteiger charge is -2.33. The van der Waals surface area contributed by atoms with Crippen LogP contribution in [0.3, 0.4) is 0 Å². The highest BCUT2D eigenvalue weighted by Crippen LogP contribution is 2.25. The molecule has 3 heterocycles. The van der Waals surface area contributed by atoms with E-state index in [0.717, 1.165) is 11.1 Å². The summed E-state index contributed by atoms with van der Waals surface area (Å²) in [5, 5.41) is 15.5. The molecule has 4 aromatic rings. The molecule has 10 nitrogen and oxygen atoms in total. The number of furan rings is 1. The molecule has 3 aromatic heterocycles. The van der Waals surface area contributed by atoms with E-state index in [9.17, 15) is 9.59 Å². The van der Waals surface area contributed by atoms with Crippen LogP contribution in [0, 0.1) is 6.92 Å². The largest absolute Gasteiger partial charge is 0.467 e. The van der Waals surface area contributed by atoms with Gasteiger partial charge in [-0.2, -0.15) is 4.80 Å². The number of carbonyl (C=O) groups excluding carboxylic acids is 2. The van der Waals surface area contributed by atoms with E-state index >= 15 is 0 Å². The number of amides is 2. The van der Waals surface area contributed by atoms with Gasteiger partial charge in [0.2, 0.25) is 17.6 Å². The van der Waals surface area contributed by atoms with Crippen molar-refractivity contribution < 1.29 is 14.0 Å². The van der Waals surface area contributed by atoms with Crippen LogP contribution in [0.5, 0.6) is 0 Å². The molecule has 0 radical (unpaired) electrons. The first kappa shape index (κ1) is 24.8. The van der Waals surface area contributed by atoms with Crippen molar-refractivity contribution >= 4 is 11.8 Å². The zero-order chi connectivity index (χ0) is 25.7. The molecule has 0 bridgehead atoms. The van der Waals surface area contributed by atoms with Gasteiger partial charge >= 0.3 is 0 Å². The van der Waals surface area contributed by atoms with Crippen molar-refractivity contribution in [2.75, 3.05) is 0 Å². The van der Waals surface area contributed by atoms with Crippen LogP contribution in [-0.4, -0.2) is 47.4 Å². The van der Waals surface area contributed by atoms with Crippen LogP contribution in [-0.2, 0) is 22.7 Å². The number of nitrogens with zero attached hydrogens (tertiary/aromatic N) is 6. The summed E-state index contributed by atoms with van der Waals surface area (Å²) in [7, 11) is 0. The number of aryl methyl sites for hydroxylation is 1. The maximum absolute atomic E-state index is 13.7. The number of hydrogen-bond acceptors (Lipinski definition) is 7. The maximum atomic E-state index is 13.7. The Labute approximate surface area is 209 Å². The van der Waals surface area contributed by atoms with E-state index in [1.54, 1.807) is 36.7 Å². The lowest BCUT2D eigenvalue weighted by molar-refractivity contribution is -0.143. The van der Waals surface area contributed by atoms with E-state index in [2.05, 4.69) is 25.7 Å². The molecule has 0 saturated heterocycles. The smallest absolute Gasteiger partial charge is 0.247 e. The molecule has 1 aromatic carbocycles. The molecule has 0 aliphatic rings. The second-order valence-corrected chi connectivity index (χ2v) is 9.53. The summed E-state index contributed by atoms with van der Waals surface area (Å²) >= 11 is 0. The molecule has 0 aliphatic carbocycles. The second kappa shape index (κ2) is 10.5. The molecule has 186 valence electrons. The van der Waals surface area contributed by atoms with Crippen molar-refractivity contribution in [1.82, 2.24) is 35.4 Å². The van der Waals surface area contributed by atoms with Crippen molar-refractivity contribution in [3.63, 3.8) is 0 Å². The van der Waals surface area contributed by atoms with Crippen LogP contribution in [0.1, 0.15) is 43.7 Å². The number of nitrogens with one attached hydrogen (secondary N) is 1. The predicted molar refractivity (Wildman–Crippen MR) is 132 cm³/mol.